The second-order valence-electron chi connectivity index (χ2n) is 4.59. The fraction of sp³-hybridized carbons (Fsp3) is 0.250. The molecule has 1 heterocycles. The molecule has 0 aliphatic carbocycles. The highest BCUT2D eigenvalue weighted by Gasteiger charge is 2.12. The topological polar surface area (TPSA) is 73.1 Å². The highest BCUT2D eigenvalue weighted by molar-refractivity contribution is 6.03. The summed E-state index contributed by atoms with van der Waals surface area (Å²) in [5.41, 5.74) is 4.35. The van der Waals surface area contributed by atoms with Crippen molar-refractivity contribution in [1.29, 1.82) is 0 Å². The summed E-state index contributed by atoms with van der Waals surface area (Å²) in [7, 11) is 3.15. The number of amides is 1. The van der Waals surface area contributed by atoms with Gasteiger partial charge >= 0.3 is 0 Å². The molecule has 0 radical (unpaired) electrons. The molecule has 0 aliphatic heterocycles. The normalized spacial score (nSPS) is 11.2. The minimum absolute atomic E-state index is 0.321. The molecule has 0 saturated heterocycles. The quantitative estimate of drug-likeness (QED) is 0.681. The van der Waals surface area contributed by atoms with Crippen LogP contribution in [0.25, 0.3) is 0 Å². The summed E-state index contributed by atoms with van der Waals surface area (Å²) in [6.07, 6.45) is 1.47. The van der Waals surface area contributed by atoms with Crippen molar-refractivity contribution in [3.63, 3.8) is 0 Å². The highest BCUT2D eigenvalue weighted by atomic mass is 16.5. The Morgan fingerprint density at radius 3 is 2.55 bits per heavy atom. The monoisotopic (exact) mass is 302 g/mol. The smallest absolute Gasteiger partial charge is 0.274 e. The zero-order valence-corrected chi connectivity index (χ0v) is 13.0. The second-order valence-corrected chi connectivity index (χ2v) is 4.59. The third-order valence-corrected chi connectivity index (χ3v) is 3.23. The van der Waals surface area contributed by atoms with Crippen LogP contribution in [-0.4, -0.2) is 25.8 Å². The van der Waals surface area contributed by atoms with Crippen LogP contribution in [0.15, 0.2) is 40.0 Å². The molecule has 1 amide bonds. The zero-order valence-electron chi connectivity index (χ0n) is 13.0. The van der Waals surface area contributed by atoms with Crippen molar-refractivity contribution < 1.29 is 18.7 Å². The molecular weight excluding hydrogens is 284 g/mol. The number of ether oxygens (including phenoxy) is 2. The molecule has 6 nitrogen and oxygen atoms in total. The first-order valence-electron chi connectivity index (χ1n) is 6.68. The Morgan fingerprint density at radius 1 is 1.18 bits per heavy atom. The van der Waals surface area contributed by atoms with Crippen molar-refractivity contribution in [2.75, 3.05) is 14.2 Å². The van der Waals surface area contributed by atoms with Gasteiger partial charge in [0.1, 0.15) is 17.3 Å². The highest BCUT2D eigenvalue weighted by Crippen LogP contribution is 2.25. The SMILES string of the molecule is COc1ccc(C(C)=NNC(=O)c2ccoc2C)c(OC)c1. The molecule has 0 fully saturated rings. The number of benzene rings is 1. The Hall–Kier alpha value is -2.76. The van der Waals surface area contributed by atoms with Gasteiger partial charge in [-0.3, -0.25) is 4.79 Å². The van der Waals surface area contributed by atoms with Gasteiger partial charge in [-0.25, -0.2) is 5.43 Å². The van der Waals surface area contributed by atoms with Crippen molar-refractivity contribution in [2.24, 2.45) is 5.10 Å². The van der Waals surface area contributed by atoms with Gasteiger partial charge in [-0.15, -0.1) is 0 Å². The molecule has 1 aromatic heterocycles. The molecule has 2 aromatic rings. The largest absolute Gasteiger partial charge is 0.497 e. The lowest BCUT2D eigenvalue weighted by Crippen LogP contribution is -2.19. The van der Waals surface area contributed by atoms with Crippen molar-refractivity contribution in [1.82, 2.24) is 5.43 Å². The predicted molar refractivity (Wildman–Crippen MR) is 82.7 cm³/mol. The van der Waals surface area contributed by atoms with Gasteiger partial charge in [0, 0.05) is 11.6 Å². The number of rotatable bonds is 5. The molecule has 2 rings (SSSR count). The average molecular weight is 302 g/mol. The lowest BCUT2D eigenvalue weighted by molar-refractivity contribution is 0.0953. The van der Waals surface area contributed by atoms with Crippen molar-refractivity contribution >= 4 is 11.6 Å². The molecular formula is C16H18N2O4. The molecule has 0 saturated carbocycles. The number of aryl methyl sites for hydroxylation is 1. The van der Waals surface area contributed by atoms with Crippen molar-refractivity contribution in [3.05, 3.63) is 47.4 Å². The molecule has 6 heteroatoms. The molecule has 1 N–H and O–H groups in total. The molecule has 1 aromatic carbocycles. The van der Waals surface area contributed by atoms with Gasteiger partial charge in [-0.05, 0) is 32.0 Å². The molecule has 0 spiro atoms. The summed E-state index contributed by atoms with van der Waals surface area (Å²) in [6, 6.07) is 6.99. The van der Waals surface area contributed by atoms with Crippen molar-refractivity contribution in [3.8, 4) is 11.5 Å². The number of carbonyl (C=O) groups is 1. The molecule has 0 aliphatic rings. The van der Waals surface area contributed by atoms with Gasteiger partial charge in [0.15, 0.2) is 0 Å². The van der Waals surface area contributed by atoms with Crippen molar-refractivity contribution in [2.45, 2.75) is 13.8 Å². The third-order valence-electron chi connectivity index (χ3n) is 3.23. The number of nitrogens with one attached hydrogen (secondary N) is 1. The number of furan rings is 1. The van der Waals surface area contributed by atoms with E-state index in [9.17, 15) is 4.79 Å². The van der Waals surface area contributed by atoms with E-state index in [0.29, 0.717) is 28.5 Å². The number of hydrogen-bond acceptors (Lipinski definition) is 5. The maximum atomic E-state index is 12.0. The Labute approximate surface area is 128 Å². The van der Waals surface area contributed by atoms with Gasteiger partial charge in [-0.1, -0.05) is 0 Å². The van der Waals surface area contributed by atoms with Gasteiger partial charge in [0.2, 0.25) is 0 Å². The molecule has 22 heavy (non-hydrogen) atoms. The van der Waals surface area contributed by atoms with Crippen LogP contribution in [0.4, 0.5) is 0 Å². The molecule has 0 atom stereocenters. The van der Waals surface area contributed by atoms with Crippen LogP contribution >= 0.6 is 0 Å². The van der Waals surface area contributed by atoms with Crippen LogP contribution in [0.3, 0.4) is 0 Å². The van der Waals surface area contributed by atoms with E-state index in [1.165, 1.54) is 6.26 Å². The number of nitrogens with zero attached hydrogens (tertiary/aromatic N) is 1. The van der Waals surface area contributed by atoms with E-state index in [4.69, 9.17) is 13.9 Å². The summed E-state index contributed by atoms with van der Waals surface area (Å²) in [4.78, 5) is 12.0. The van der Waals surface area contributed by atoms with E-state index in [1.807, 2.05) is 6.07 Å². The van der Waals surface area contributed by atoms with Crippen LogP contribution < -0.4 is 14.9 Å². The third kappa shape index (κ3) is 3.28. The van der Waals surface area contributed by atoms with Crippen LogP contribution in [0.5, 0.6) is 11.5 Å². The number of hydrazone groups is 1. The first kappa shape index (κ1) is 15.6. The first-order chi connectivity index (χ1) is 10.6. The standard InChI is InChI=1S/C16H18N2O4/c1-10(13-6-5-12(20-3)9-15(13)21-4)17-18-16(19)14-7-8-22-11(14)2/h5-9H,1-4H3,(H,18,19). The summed E-state index contributed by atoms with van der Waals surface area (Å²) in [5, 5.41) is 4.11. The van der Waals surface area contributed by atoms with Crippen LogP contribution in [0.2, 0.25) is 0 Å². The molecule has 0 bridgehead atoms. The average Bonchev–Trinajstić information content (AvgIpc) is 2.97. The van der Waals surface area contributed by atoms with Gasteiger partial charge in [-0.2, -0.15) is 5.10 Å². The molecule has 116 valence electrons. The Morgan fingerprint density at radius 2 is 1.95 bits per heavy atom. The van der Waals surface area contributed by atoms with E-state index in [2.05, 4.69) is 10.5 Å². The maximum absolute atomic E-state index is 12.0. The van der Waals surface area contributed by atoms with E-state index in [-0.39, 0.29) is 5.91 Å². The maximum Gasteiger partial charge on any atom is 0.274 e. The number of hydrogen-bond donors (Lipinski definition) is 1. The predicted octanol–water partition coefficient (Wildman–Crippen LogP) is 2.76. The van der Waals surface area contributed by atoms with E-state index in [0.717, 1.165) is 5.56 Å². The summed E-state index contributed by atoms with van der Waals surface area (Å²) in [6.45, 7) is 3.50. The van der Waals surface area contributed by atoms with E-state index in [1.54, 1.807) is 46.3 Å². The van der Waals surface area contributed by atoms with Crippen LogP contribution in [0, 0.1) is 6.92 Å². The van der Waals surface area contributed by atoms with E-state index >= 15 is 0 Å². The second kappa shape index (κ2) is 6.80. The summed E-state index contributed by atoms with van der Waals surface area (Å²) < 4.78 is 15.6. The van der Waals surface area contributed by atoms with E-state index < -0.39 is 0 Å². The minimum Gasteiger partial charge on any atom is -0.497 e. The van der Waals surface area contributed by atoms with Gasteiger partial charge in [0.25, 0.3) is 5.91 Å². The Kier molecular flexibility index (Phi) is 4.83. The first-order valence-corrected chi connectivity index (χ1v) is 6.68. The minimum atomic E-state index is -0.321. The van der Waals surface area contributed by atoms with Crippen LogP contribution in [0.1, 0.15) is 28.6 Å². The fourth-order valence-corrected chi connectivity index (χ4v) is 1.97. The Bertz CT molecular complexity index is 704. The lowest BCUT2D eigenvalue weighted by Gasteiger charge is -2.10. The number of methoxy groups -OCH3 is 2. The van der Waals surface area contributed by atoms with Gasteiger partial charge in [0.05, 0.1) is 31.8 Å². The lowest BCUT2D eigenvalue weighted by atomic mass is 10.1. The number of carbonyl (C=O) groups excluding carboxylic acids is 1. The molecule has 0 unspecified atom stereocenters. The summed E-state index contributed by atoms with van der Waals surface area (Å²) in [5.74, 6) is 1.53. The Balaban J connectivity index is 2.19. The fourth-order valence-electron chi connectivity index (χ4n) is 1.97. The van der Waals surface area contributed by atoms with Crippen LogP contribution in [-0.2, 0) is 0 Å². The zero-order chi connectivity index (χ0) is 16.1. The summed E-state index contributed by atoms with van der Waals surface area (Å²) >= 11 is 0. The van der Waals surface area contributed by atoms with Gasteiger partial charge < -0.3 is 13.9 Å².